The Morgan fingerprint density at radius 2 is 1.93 bits per heavy atom. The number of aryl methyl sites for hydroxylation is 1. The number of carbonyl (C=O) groups excluding carboxylic acids is 2. The van der Waals surface area contributed by atoms with Gasteiger partial charge in [0.2, 0.25) is 11.7 Å². The molecule has 30 heavy (non-hydrogen) atoms. The molecule has 0 saturated heterocycles. The Kier molecular flexibility index (Phi) is 5.42. The highest BCUT2D eigenvalue weighted by Gasteiger charge is 2.23. The fourth-order valence-corrected chi connectivity index (χ4v) is 3.13. The van der Waals surface area contributed by atoms with Crippen LogP contribution in [0, 0.1) is 0 Å². The summed E-state index contributed by atoms with van der Waals surface area (Å²) in [6.45, 7) is 0. The lowest BCUT2D eigenvalue weighted by Crippen LogP contribution is -2.28. The van der Waals surface area contributed by atoms with Gasteiger partial charge in [0, 0.05) is 37.1 Å². The van der Waals surface area contributed by atoms with Gasteiger partial charge in [0.25, 0.3) is 0 Å². The number of anilines is 1. The maximum absolute atomic E-state index is 13.1. The second-order valence-electron chi connectivity index (χ2n) is 6.76. The SMILES string of the molecule is Cn1ccnc1C(=O)c1cccc(NC(=O)C(Cc2ccccc2)n2cnnn2)c1. The van der Waals surface area contributed by atoms with Gasteiger partial charge >= 0.3 is 0 Å². The molecule has 9 nitrogen and oxygen atoms in total. The Morgan fingerprint density at radius 3 is 2.63 bits per heavy atom. The molecule has 0 saturated carbocycles. The monoisotopic (exact) mass is 401 g/mol. The fourth-order valence-electron chi connectivity index (χ4n) is 3.13. The third kappa shape index (κ3) is 4.14. The molecule has 0 aliphatic rings. The Bertz CT molecular complexity index is 1150. The number of nitrogens with zero attached hydrogens (tertiary/aromatic N) is 6. The summed E-state index contributed by atoms with van der Waals surface area (Å²) < 4.78 is 3.08. The minimum atomic E-state index is -0.642. The van der Waals surface area contributed by atoms with E-state index in [9.17, 15) is 9.59 Å². The van der Waals surface area contributed by atoms with E-state index in [0.717, 1.165) is 5.56 Å². The Morgan fingerprint density at radius 1 is 1.10 bits per heavy atom. The Hall–Kier alpha value is -4.14. The van der Waals surface area contributed by atoms with Crippen LogP contribution in [-0.4, -0.2) is 41.4 Å². The van der Waals surface area contributed by atoms with E-state index in [4.69, 9.17) is 0 Å². The first-order valence-electron chi connectivity index (χ1n) is 9.31. The minimum Gasteiger partial charge on any atom is -0.331 e. The van der Waals surface area contributed by atoms with Gasteiger partial charge in [-0.2, -0.15) is 0 Å². The predicted molar refractivity (Wildman–Crippen MR) is 109 cm³/mol. The van der Waals surface area contributed by atoms with Crippen molar-refractivity contribution in [2.75, 3.05) is 5.32 Å². The number of hydrogen-bond donors (Lipinski definition) is 1. The van der Waals surface area contributed by atoms with Gasteiger partial charge in [0.15, 0.2) is 5.82 Å². The van der Waals surface area contributed by atoms with Crippen LogP contribution in [0.2, 0.25) is 0 Å². The van der Waals surface area contributed by atoms with Crippen molar-refractivity contribution in [3.8, 4) is 0 Å². The third-order valence-corrected chi connectivity index (χ3v) is 4.68. The second-order valence-corrected chi connectivity index (χ2v) is 6.76. The van der Waals surface area contributed by atoms with Gasteiger partial charge in [-0.25, -0.2) is 9.67 Å². The smallest absolute Gasteiger partial charge is 0.249 e. The van der Waals surface area contributed by atoms with Gasteiger partial charge in [-0.05, 0) is 28.1 Å². The van der Waals surface area contributed by atoms with Crippen molar-refractivity contribution >= 4 is 17.4 Å². The number of rotatable bonds is 7. The van der Waals surface area contributed by atoms with Crippen molar-refractivity contribution in [1.82, 2.24) is 29.8 Å². The van der Waals surface area contributed by atoms with E-state index in [1.54, 1.807) is 48.3 Å². The molecule has 1 N–H and O–H groups in total. The van der Waals surface area contributed by atoms with Crippen LogP contribution in [0.15, 0.2) is 73.3 Å². The maximum Gasteiger partial charge on any atom is 0.249 e. The van der Waals surface area contributed by atoms with E-state index in [1.807, 2.05) is 30.3 Å². The molecule has 2 aromatic heterocycles. The normalized spacial score (nSPS) is 11.8. The fraction of sp³-hybridized carbons (Fsp3) is 0.143. The van der Waals surface area contributed by atoms with Crippen LogP contribution in [-0.2, 0) is 18.3 Å². The summed E-state index contributed by atoms with van der Waals surface area (Å²) in [5.74, 6) is -0.179. The molecule has 0 aliphatic carbocycles. The summed E-state index contributed by atoms with van der Waals surface area (Å²) in [5.41, 5.74) is 1.92. The number of imidazole rings is 1. The van der Waals surface area contributed by atoms with Crippen molar-refractivity contribution < 1.29 is 9.59 Å². The first kappa shape index (κ1) is 19.2. The highest BCUT2D eigenvalue weighted by Crippen LogP contribution is 2.18. The summed E-state index contributed by atoms with van der Waals surface area (Å²) in [6.07, 6.45) is 5.11. The van der Waals surface area contributed by atoms with E-state index in [1.165, 1.54) is 11.0 Å². The first-order chi connectivity index (χ1) is 14.6. The van der Waals surface area contributed by atoms with E-state index < -0.39 is 6.04 Å². The lowest BCUT2D eigenvalue weighted by atomic mass is 10.0. The number of benzene rings is 2. The van der Waals surface area contributed by atoms with E-state index >= 15 is 0 Å². The molecule has 0 radical (unpaired) electrons. The molecule has 0 bridgehead atoms. The average Bonchev–Trinajstić information content (AvgIpc) is 3.44. The molecule has 1 unspecified atom stereocenters. The van der Waals surface area contributed by atoms with E-state index in [2.05, 4.69) is 25.8 Å². The summed E-state index contributed by atoms with van der Waals surface area (Å²) in [7, 11) is 1.76. The minimum absolute atomic E-state index is 0.222. The molecule has 4 rings (SSSR count). The van der Waals surface area contributed by atoms with E-state index in [-0.39, 0.29) is 11.7 Å². The molecule has 2 aromatic carbocycles. The maximum atomic E-state index is 13.1. The van der Waals surface area contributed by atoms with Gasteiger partial charge in [0.05, 0.1) is 0 Å². The number of aromatic nitrogens is 6. The van der Waals surface area contributed by atoms with Crippen LogP contribution in [0.25, 0.3) is 0 Å². The van der Waals surface area contributed by atoms with Crippen LogP contribution in [0.5, 0.6) is 0 Å². The lowest BCUT2D eigenvalue weighted by molar-refractivity contribution is -0.119. The number of nitrogens with one attached hydrogen (secondary N) is 1. The zero-order chi connectivity index (χ0) is 20.9. The zero-order valence-electron chi connectivity index (χ0n) is 16.2. The topological polar surface area (TPSA) is 108 Å². The van der Waals surface area contributed by atoms with Crippen LogP contribution < -0.4 is 5.32 Å². The van der Waals surface area contributed by atoms with Crippen molar-refractivity contribution in [2.45, 2.75) is 12.5 Å². The van der Waals surface area contributed by atoms with E-state index in [0.29, 0.717) is 23.5 Å². The molecule has 0 fully saturated rings. The molecule has 150 valence electrons. The highest BCUT2D eigenvalue weighted by molar-refractivity contribution is 6.07. The molecule has 4 aromatic rings. The van der Waals surface area contributed by atoms with Gasteiger partial charge in [-0.15, -0.1) is 5.10 Å². The summed E-state index contributed by atoms with van der Waals surface area (Å²) in [6, 6.07) is 15.8. The molecule has 9 heteroatoms. The summed E-state index contributed by atoms with van der Waals surface area (Å²) in [4.78, 5) is 29.8. The van der Waals surface area contributed by atoms with Crippen molar-refractivity contribution in [1.29, 1.82) is 0 Å². The Balaban J connectivity index is 1.55. The molecule has 2 heterocycles. The molecular weight excluding hydrogens is 382 g/mol. The highest BCUT2D eigenvalue weighted by atomic mass is 16.2. The lowest BCUT2D eigenvalue weighted by Gasteiger charge is -2.16. The number of tetrazole rings is 1. The molecule has 0 spiro atoms. The number of hydrogen-bond acceptors (Lipinski definition) is 6. The molecule has 1 atom stereocenters. The van der Waals surface area contributed by atoms with Crippen molar-refractivity contribution in [2.24, 2.45) is 7.05 Å². The third-order valence-electron chi connectivity index (χ3n) is 4.68. The predicted octanol–water partition coefficient (Wildman–Crippen LogP) is 2.06. The molecule has 1 amide bonds. The molecular formula is C21H19N7O2. The summed E-state index contributed by atoms with van der Waals surface area (Å²) >= 11 is 0. The number of ketones is 1. The van der Waals surface area contributed by atoms with Crippen molar-refractivity contribution in [3.05, 3.63) is 90.3 Å². The Labute approximate surface area is 172 Å². The van der Waals surface area contributed by atoms with Gasteiger partial charge < -0.3 is 9.88 Å². The van der Waals surface area contributed by atoms with Crippen LogP contribution in [0.3, 0.4) is 0 Å². The van der Waals surface area contributed by atoms with Gasteiger partial charge in [-0.3, -0.25) is 9.59 Å². The van der Waals surface area contributed by atoms with Crippen LogP contribution in [0.1, 0.15) is 27.8 Å². The average molecular weight is 401 g/mol. The van der Waals surface area contributed by atoms with Crippen LogP contribution >= 0.6 is 0 Å². The zero-order valence-corrected chi connectivity index (χ0v) is 16.2. The number of carbonyl (C=O) groups is 2. The summed E-state index contributed by atoms with van der Waals surface area (Å²) in [5, 5.41) is 14.1. The molecule has 0 aliphatic heterocycles. The first-order valence-corrected chi connectivity index (χ1v) is 9.31. The van der Waals surface area contributed by atoms with Gasteiger partial charge in [-0.1, -0.05) is 42.5 Å². The standard InChI is InChI=1S/C21H19N7O2/c1-27-11-10-22-20(27)19(29)16-8-5-9-17(13-16)24-21(30)18(28-14-23-25-26-28)12-15-6-3-2-4-7-15/h2-11,13-14,18H,12H2,1H3,(H,24,30). The second kappa shape index (κ2) is 8.48. The largest absolute Gasteiger partial charge is 0.331 e. The quantitative estimate of drug-likeness (QED) is 0.475. The number of amides is 1. The van der Waals surface area contributed by atoms with Crippen LogP contribution in [0.4, 0.5) is 5.69 Å². The van der Waals surface area contributed by atoms with Gasteiger partial charge in [0.1, 0.15) is 12.4 Å². The van der Waals surface area contributed by atoms with Crippen molar-refractivity contribution in [3.63, 3.8) is 0 Å².